The Morgan fingerprint density at radius 1 is 1.22 bits per heavy atom. The van der Waals surface area contributed by atoms with Crippen molar-refractivity contribution in [2.24, 2.45) is 0 Å². The van der Waals surface area contributed by atoms with Crippen LogP contribution in [0, 0.1) is 5.82 Å². The van der Waals surface area contributed by atoms with Crippen molar-refractivity contribution in [2.45, 2.75) is 25.8 Å². The molecule has 2 rings (SSSR count). The van der Waals surface area contributed by atoms with Crippen molar-refractivity contribution in [2.75, 3.05) is 6.54 Å². The molecule has 0 spiro atoms. The molecule has 0 bridgehead atoms. The van der Waals surface area contributed by atoms with Crippen molar-refractivity contribution in [1.82, 2.24) is 5.32 Å². The zero-order chi connectivity index (χ0) is 12.8. The van der Waals surface area contributed by atoms with Crippen LogP contribution < -0.4 is 5.32 Å². The van der Waals surface area contributed by atoms with Gasteiger partial charge in [0.25, 0.3) is 0 Å². The SMILES string of the molecule is CCCNC(Cc1ccc(F)cc1)c1ccsc1. The highest BCUT2D eigenvalue weighted by Gasteiger charge is 2.11. The van der Waals surface area contributed by atoms with Crippen LogP contribution in [-0.2, 0) is 6.42 Å². The number of thiophene rings is 1. The lowest BCUT2D eigenvalue weighted by atomic mass is 10.0. The molecule has 1 aromatic heterocycles. The molecular formula is C15H18FNS. The van der Waals surface area contributed by atoms with E-state index in [4.69, 9.17) is 0 Å². The minimum Gasteiger partial charge on any atom is -0.310 e. The number of rotatable bonds is 6. The molecule has 0 fully saturated rings. The summed E-state index contributed by atoms with van der Waals surface area (Å²) in [6.07, 6.45) is 2.01. The summed E-state index contributed by atoms with van der Waals surface area (Å²) in [7, 11) is 0. The van der Waals surface area contributed by atoms with Gasteiger partial charge in [-0.05, 0) is 59.5 Å². The molecule has 1 unspecified atom stereocenters. The number of hydrogen-bond donors (Lipinski definition) is 1. The van der Waals surface area contributed by atoms with Crippen molar-refractivity contribution in [3.8, 4) is 0 Å². The van der Waals surface area contributed by atoms with Gasteiger partial charge in [-0.25, -0.2) is 4.39 Å². The van der Waals surface area contributed by atoms with E-state index in [9.17, 15) is 4.39 Å². The van der Waals surface area contributed by atoms with Crippen LogP contribution in [0.3, 0.4) is 0 Å². The van der Waals surface area contributed by atoms with Gasteiger partial charge in [0.15, 0.2) is 0 Å². The zero-order valence-electron chi connectivity index (χ0n) is 10.5. The maximum atomic E-state index is 12.9. The monoisotopic (exact) mass is 263 g/mol. The third-order valence-corrected chi connectivity index (χ3v) is 3.64. The molecule has 0 aliphatic rings. The fourth-order valence-corrected chi connectivity index (χ4v) is 2.67. The van der Waals surface area contributed by atoms with Gasteiger partial charge >= 0.3 is 0 Å². The van der Waals surface area contributed by atoms with Crippen LogP contribution >= 0.6 is 11.3 Å². The molecule has 96 valence electrons. The first kappa shape index (κ1) is 13.2. The molecule has 1 aromatic carbocycles. The fourth-order valence-electron chi connectivity index (χ4n) is 1.96. The van der Waals surface area contributed by atoms with Crippen LogP contribution in [0.15, 0.2) is 41.1 Å². The molecule has 1 nitrogen and oxygen atoms in total. The van der Waals surface area contributed by atoms with E-state index in [1.54, 1.807) is 11.3 Å². The Morgan fingerprint density at radius 3 is 2.61 bits per heavy atom. The predicted octanol–water partition coefficient (Wildman–Crippen LogP) is 4.17. The predicted molar refractivity (Wildman–Crippen MR) is 75.5 cm³/mol. The lowest BCUT2D eigenvalue weighted by molar-refractivity contribution is 0.530. The smallest absolute Gasteiger partial charge is 0.123 e. The van der Waals surface area contributed by atoms with Gasteiger partial charge in [-0.15, -0.1) is 0 Å². The summed E-state index contributed by atoms with van der Waals surface area (Å²) < 4.78 is 12.9. The molecule has 0 saturated heterocycles. The van der Waals surface area contributed by atoms with Gasteiger partial charge in [0.05, 0.1) is 0 Å². The zero-order valence-corrected chi connectivity index (χ0v) is 11.3. The summed E-state index contributed by atoms with van der Waals surface area (Å²) in [5.74, 6) is -0.174. The Balaban J connectivity index is 2.07. The normalized spacial score (nSPS) is 12.6. The summed E-state index contributed by atoms with van der Waals surface area (Å²) >= 11 is 1.71. The lowest BCUT2D eigenvalue weighted by Crippen LogP contribution is -2.23. The molecule has 0 aliphatic heterocycles. The summed E-state index contributed by atoms with van der Waals surface area (Å²) in [6.45, 7) is 3.16. The third kappa shape index (κ3) is 3.65. The molecule has 1 heterocycles. The van der Waals surface area contributed by atoms with Crippen molar-refractivity contribution in [1.29, 1.82) is 0 Å². The van der Waals surface area contributed by atoms with E-state index in [1.165, 1.54) is 17.7 Å². The number of hydrogen-bond acceptors (Lipinski definition) is 2. The third-order valence-electron chi connectivity index (χ3n) is 2.94. The molecule has 1 N–H and O–H groups in total. The van der Waals surface area contributed by atoms with Gasteiger partial charge in [-0.3, -0.25) is 0 Å². The standard InChI is InChI=1S/C15H18FNS/c1-2-8-17-15(13-7-9-18-11-13)10-12-3-5-14(16)6-4-12/h3-7,9,11,15,17H,2,8,10H2,1H3. The van der Waals surface area contributed by atoms with Gasteiger partial charge in [-0.2, -0.15) is 11.3 Å². The lowest BCUT2D eigenvalue weighted by Gasteiger charge is -2.17. The van der Waals surface area contributed by atoms with Gasteiger partial charge < -0.3 is 5.32 Å². The van der Waals surface area contributed by atoms with Gasteiger partial charge in [0.2, 0.25) is 0 Å². The summed E-state index contributed by atoms with van der Waals surface area (Å²) in [4.78, 5) is 0. The minimum absolute atomic E-state index is 0.174. The average molecular weight is 263 g/mol. The fraction of sp³-hybridized carbons (Fsp3) is 0.333. The first-order valence-electron chi connectivity index (χ1n) is 6.29. The van der Waals surface area contributed by atoms with E-state index in [1.807, 2.05) is 12.1 Å². The van der Waals surface area contributed by atoms with Crippen LogP contribution in [0.25, 0.3) is 0 Å². The minimum atomic E-state index is -0.174. The highest BCUT2D eigenvalue weighted by molar-refractivity contribution is 7.07. The van der Waals surface area contributed by atoms with Crippen molar-refractivity contribution in [3.05, 3.63) is 58.0 Å². The van der Waals surface area contributed by atoms with E-state index in [0.29, 0.717) is 6.04 Å². The second-order valence-corrected chi connectivity index (χ2v) is 5.17. The second kappa shape index (κ2) is 6.66. The Bertz CT molecular complexity index is 450. The summed E-state index contributed by atoms with van der Waals surface area (Å²) in [6, 6.07) is 9.26. The largest absolute Gasteiger partial charge is 0.310 e. The molecule has 0 saturated carbocycles. The molecule has 0 radical (unpaired) electrons. The topological polar surface area (TPSA) is 12.0 Å². The Kier molecular flexibility index (Phi) is 4.90. The number of benzene rings is 1. The highest BCUT2D eigenvalue weighted by Crippen LogP contribution is 2.21. The molecule has 3 heteroatoms. The van der Waals surface area contributed by atoms with Gasteiger partial charge in [0.1, 0.15) is 5.82 Å². The number of nitrogens with one attached hydrogen (secondary N) is 1. The first-order chi connectivity index (χ1) is 8.79. The molecule has 18 heavy (non-hydrogen) atoms. The van der Waals surface area contributed by atoms with E-state index >= 15 is 0 Å². The van der Waals surface area contributed by atoms with Crippen LogP contribution in [0.1, 0.15) is 30.5 Å². The van der Waals surface area contributed by atoms with Crippen LogP contribution in [0.5, 0.6) is 0 Å². The Morgan fingerprint density at radius 2 is 2.00 bits per heavy atom. The van der Waals surface area contributed by atoms with Gasteiger partial charge in [0, 0.05) is 6.04 Å². The van der Waals surface area contributed by atoms with E-state index in [-0.39, 0.29) is 5.82 Å². The summed E-state index contributed by atoms with van der Waals surface area (Å²) in [5.41, 5.74) is 2.48. The van der Waals surface area contributed by atoms with E-state index < -0.39 is 0 Å². The van der Waals surface area contributed by atoms with Gasteiger partial charge in [-0.1, -0.05) is 19.1 Å². The Hall–Kier alpha value is -1.19. The molecule has 2 aromatic rings. The maximum Gasteiger partial charge on any atom is 0.123 e. The van der Waals surface area contributed by atoms with E-state index in [0.717, 1.165) is 24.9 Å². The first-order valence-corrected chi connectivity index (χ1v) is 7.24. The average Bonchev–Trinajstić information content (AvgIpc) is 2.90. The quantitative estimate of drug-likeness (QED) is 0.824. The molecule has 0 amide bonds. The second-order valence-electron chi connectivity index (χ2n) is 4.39. The summed E-state index contributed by atoms with van der Waals surface area (Å²) in [5, 5.41) is 7.82. The van der Waals surface area contributed by atoms with Crippen molar-refractivity contribution in [3.63, 3.8) is 0 Å². The van der Waals surface area contributed by atoms with Crippen molar-refractivity contribution >= 4 is 11.3 Å². The molecule has 0 aliphatic carbocycles. The highest BCUT2D eigenvalue weighted by atomic mass is 32.1. The van der Waals surface area contributed by atoms with Crippen molar-refractivity contribution < 1.29 is 4.39 Å². The maximum absolute atomic E-state index is 12.9. The van der Waals surface area contributed by atoms with Crippen LogP contribution in [-0.4, -0.2) is 6.54 Å². The number of halogens is 1. The Labute approximate surface area is 112 Å². The molecular weight excluding hydrogens is 245 g/mol. The molecule has 1 atom stereocenters. The van der Waals surface area contributed by atoms with Crippen LogP contribution in [0.4, 0.5) is 4.39 Å². The van der Waals surface area contributed by atoms with E-state index in [2.05, 4.69) is 29.1 Å². The van der Waals surface area contributed by atoms with Crippen LogP contribution in [0.2, 0.25) is 0 Å².